The van der Waals surface area contributed by atoms with Crippen molar-refractivity contribution in [3.63, 3.8) is 0 Å². The summed E-state index contributed by atoms with van der Waals surface area (Å²) < 4.78 is 27.8. The molecule has 1 aromatic rings. The van der Waals surface area contributed by atoms with E-state index in [4.69, 9.17) is 0 Å². The molecule has 1 rings (SSSR count). The topological polar surface area (TPSA) is 44.4 Å². The van der Waals surface area contributed by atoms with Gasteiger partial charge in [-0.2, -0.15) is 0 Å². The van der Waals surface area contributed by atoms with Crippen molar-refractivity contribution in [3.8, 4) is 0 Å². The maximum Gasteiger partial charge on any atom is 0.239 e. The highest BCUT2D eigenvalue weighted by Crippen LogP contribution is 2.23. The second kappa shape index (κ2) is 7.04. The second-order valence-electron chi connectivity index (χ2n) is 4.25. The SMILES string of the molecule is CCNC(=O)CN(C)c1c(F)cc(CNC)cc1F. The van der Waals surface area contributed by atoms with Crippen LogP contribution in [0.2, 0.25) is 0 Å². The largest absolute Gasteiger partial charge is 0.361 e. The fourth-order valence-corrected chi connectivity index (χ4v) is 1.84. The van der Waals surface area contributed by atoms with Crippen LogP contribution in [0.1, 0.15) is 12.5 Å². The van der Waals surface area contributed by atoms with Crippen LogP contribution in [-0.2, 0) is 11.3 Å². The van der Waals surface area contributed by atoms with Gasteiger partial charge in [-0.15, -0.1) is 0 Å². The maximum absolute atomic E-state index is 13.9. The van der Waals surface area contributed by atoms with Crippen LogP contribution in [0, 0.1) is 11.6 Å². The lowest BCUT2D eigenvalue weighted by Gasteiger charge is -2.20. The molecule has 0 fully saturated rings. The molecule has 0 aliphatic heterocycles. The normalized spacial score (nSPS) is 10.4. The third kappa shape index (κ3) is 4.17. The van der Waals surface area contributed by atoms with Gasteiger partial charge in [0.2, 0.25) is 5.91 Å². The van der Waals surface area contributed by atoms with Gasteiger partial charge in [0.1, 0.15) is 17.3 Å². The molecule has 0 aromatic heterocycles. The van der Waals surface area contributed by atoms with E-state index < -0.39 is 11.6 Å². The number of benzene rings is 1. The van der Waals surface area contributed by atoms with Crippen molar-refractivity contribution < 1.29 is 13.6 Å². The Morgan fingerprint density at radius 1 is 1.32 bits per heavy atom. The number of likely N-dealkylation sites (N-methyl/N-ethyl adjacent to an activating group) is 2. The summed E-state index contributed by atoms with van der Waals surface area (Å²) in [7, 11) is 3.18. The fourth-order valence-electron chi connectivity index (χ4n) is 1.84. The van der Waals surface area contributed by atoms with Crippen LogP contribution in [0.15, 0.2) is 12.1 Å². The molecular formula is C13H19F2N3O. The van der Waals surface area contributed by atoms with E-state index in [0.717, 1.165) is 0 Å². The highest BCUT2D eigenvalue weighted by molar-refractivity contribution is 5.81. The molecule has 0 aliphatic carbocycles. The van der Waals surface area contributed by atoms with E-state index in [1.807, 2.05) is 0 Å². The van der Waals surface area contributed by atoms with Crippen molar-refractivity contribution >= 4 is 11.6 Å². The Labute approximate surface area is 111 Å². The lowest BCUT2D eigenvalue weighted by molar-refractivity contribution is -0.119. The van der Waals surface area contributed by atoms with Gasteiger partial charge in [-0.05, 0) is 31.7 Å². The van der Waals surface area contributed by atoms with E-state index in [1.165, 1.54) is 24.1 Å². The van der Waals surface area contributed by atoms with Gasteiger partial charge in [-0.1, -0.05) is 0 Å². The third-order valence-electron chi connectivity index (χ3n) is 2.59. The van der Waals surface area contributed by atoms with Crippen LogP contribution < -0.4 is 15.5 Å². The molecule has 0 aliphatic rings. The molecule has 1 amide bonds. The van der Waals surface area contributed by atoms with E-state index in [2.05, 4.69) is 10.6 Å². The summed E-state index contributed by atoms with van der Waals surface area (Å²) in [5.41, 5.74) is 0.332. The Bertz CT molecular complexity index is 429. The van der Waals surface area contributed by atoms with Crippen molar-refractivity contribution in [3.05, 3.63) is 29.3 Å². The molecule has 0 saturated heterocycles. The van der Waals surface area contributed by atoms with Crippen molar-refractivity contribution in [1.29, 1.82) is 0 Å². The zero-order chi connectivity index (χ0) is 14.4. The average Bonchev–Trinajstić information content (AvgIpc) is 2.28. The first-order chi connectivity index (χ1) is 8.99. The molecule has 6 heteroatoms. The van der Waals surface area contributed by atoms with Crippen LogP contribution in [0.25, 0.3) is 0 Å². The summed E-state index contributed by atoms with van der Waals surface area (Å²) in [6.45, 7) is 2.56. The van der Waals surface area contributed by atoms with E-state index in [9.17, 15) is 13.6 Å². The highest BCUT2D eigenvalue weighted by Gasteiger charge is 2.17. The number of rotatable bonds is 6. The highest BCUT2D eigenvalue weighted by atomic mass is 19.1. The van der Waals surface area contributed by atoms with E-state index in [-0.39, 0.29) is 18.1 Å². The van der Waals surface area contributed by atoms with Crippen molar-refractivity contribution in [1.82, 2.24) is 10.6 Å². The monoisotopic (exact) mass is 271 g/mol. The number of carbonyl (C=O) groups is 1. The van der Waals surface area contributed by atoms with Crippen LogP contribution in [0.5, 0.6) is 0 Å². The van der Waals surface area contributed by atoms with E-state index >= 15 is 0 Å². The van der Waals surface area contributed by atoms with E-state index in [1.54, 1.807) is 14.0 Å². The third-order valence-corrected chi connectivity index (χ3v) is 2.59. The summed E-state index contributed by atoms with van der Waals surface area (Å²) in [5, 5.41) is 5.41. The predicted molar refractivity (Wildman–Crippen MR) is 71.1 cm³/mol. The molecule has 4 nitrogen and oxygen atoms in total. The van der Waals surface area contributed by atoms with Gasteiger partial charge in [-0.3, -0.25) is 4.79 Å². The fraction of sp³-hybridized carbons (Fsp3) is 0.462. The van der Waals surface area contributed by atoms with Gasteiger partial charge in [0.15, 0.2) is 0 Å². The average molecular weight is 271 g/mol. The van der Waals surface area contributed by atoms with Gasteiger partial charge in [0.25, 0.3) is 0 Å². The number of nitrogens with zero attached hydrogens (tertiary/aromatic N) is 1. The minimum atomic E-state index is -0.669. The molecule has 19 heavy (non-hydrogen) atoms. The van der Waals surface area contributed by atoms with Crippen LogP contribution in [-0.4, -0.2) is 33.1 Å². The number of halogens is 2. The minimum absolute atomic E-state index is 0.0902. The Kier molecular flexibility index (Phi) is 5.69. The summed E-state index contributed by atoms with van der Waals surface area (Å²) in [5.74, 6) is -1.61. The van der Waals surface area contributed by atoms with Crippen molar-refractivity contribution in [2.24, 2.45) is 0 Å². The molecule has 0 atom stereocenters. The first-order valence-corrected chi connectivity index (χ1v) is 6.10. The molecule has 0 heterocycles. The number of hydrogen-bond donors (Lipinski definition) is 2. The van der Waals surface area contributed by atoms with Crippen molar-refractivity contribution in [2.75, 3.05) is 32.1 Å². The van der Waals surface area contributed by atoms with Gasteiger partial charge >= 0.3 is 0 Å². The minimum Gasteiger partial charge on any atom is -0.361 e. The smallest absolute Gasteiger partial charge is 0.239 e. The summed E-state index contributed by atoms with van der Waals surface area (Å²) in [6.07, 6.45) is 0. The summed E-state index contributed by atoms with van der Waals surface area (Å²) >= 11 is 0. The Hall–Kier alpha value is -1.69. The van der Waals surface area contributed by atoms with Gasteiger partial charge in [0.05, 0.1) is 6.54 Å². The van der Waals surface area contributed by atoms with Gasteiger partial charge < -0.3 is 15.5 Å². The molecular weight excluding hydrogens is 252 g/mol. The van der Waals surface area contributed by atoms with Crippen molar-refractivity contribution in [2.45, 2.75) is 13.5 Å². The maximum atomic E-state index is 13.9. The van der Waals surface area contributed by atoms with Crippen LogP contribution in [0.3, 0.4) is 0 Å². The Morgan fingerprint density at radius 2 is 1.89 bits per heavy atom. The summed E-state index contributed by atoms with van der Waals surface area (Å²) in [6, 6.07) is 2.53. The van der Waals surface area contributed by atoms with Gasteiger partial charge in [0, 0.05) is 20.1 Å². The second-order valence-corrected chi connectivity index (χ2v) is 4.25. The predicted octanol–water partition coefficient (Wildman–Crippen LogP) is 1.26. The summed E-state index contributed by atoms with van der Waals surface area (Å²) in [4.78, 5) is 12.7. The zero-order valence-corrected chi connectivity index (χ0v) is 11.4. The lowest BCUT2D eigenvalue weighted by Crippen LogP contribution is -2.35. The molecule has 0 radical (unpaired) electrons. The number of nitrogens with one attached hydrogen (secondary N) is 2. The lowest BCUT2D eigenvalue weighted by atomic mass is 10.1. The molecule has 0 bridgehead atoms. The Morgan fingerprint density at radius 3 is 2.37 bits per heavy atom. The molecule has 0 saturated carbocycles. The molecule has 2 N–H and O–H groups in total. The first kappa shape index (κ1) is 15.4. The molecule has 106 valence electrons. The zero-order valence-electron chi connectivity index (χ0n) is 11.4. The molecule has 1 aromatic carbocycles. The van der Waals surface area contributed by atoms with Gasteiger partial charge in [-0.25, -0.2) is 8.78 Å². The first-order valence-electron chi connectivity index (χ1n) is 6.10. The van der Waals surface area contributed by atoms with Crippen LogP contribution >= 0.6 is 0 Å². The standard InChI is InChI=1S/C13H19F2N3O/c1-4-17-12(19)8-18(3)13-10(14)5-9(7-16-2)6-11(13)15/h5-6,16H,4,7-8H2,1-3H3,(H,17,19). The molecule has 0 spiro atoms. The quantitative estimate of drug-likeness (QED) is 0.818. The van der Waals surface area contributed by atoms with Crippen LogP contribution in [0.4, 0.5) is 14.5 Å². The number of amides is 1. The number of hydrogen-bond acceptors (Lipinski definition) is 3. The van der Waals surface area contributed by atoms with E-state index in [0.29, 0.717) is 18.7 Å². The molecule has 0 unspecified atom stereocenters. The Balaban J connectivity index is 2.90. The number of carbonyl (C=O) groups excluding carboxylic acids is 1. The number of anilines is 1.